The Labute approximate surface area is 168 Å². The third-order valence-electron chi connectivity index (χ3n) is 5.05. The molecule has 3 aromatic rings. The monoisotopic (exact) mass is 396 g/mol. The van der Waals surface area contributed by atoms with Crippen molar-refractivity contribution < 1.29 is 9.53 Å². The number of aromatic nitrogens is 2. The van der Waals surface area contributed by atoms with Gasteiger partial charge in [-0.25, -0.2) is 9.97 Å². The molecule has 28 heavy (non-hydrogen) atoms. The molecule has 1 saturated heterocycles. The molecule has 2 aromatic heterocycles. The molecule has 1 aromatic carbocycles. The van der Waals surface area contributed by atoms with Gasteiger partial charge in [0.1, 0.15) is 16.5 Å². The number of aryl methyl sites for hydroxylation is 2. The fourth-order valence-corrected chi connectivity index (χ4v) is 4.65. The van der Waals surface area contributed by atoms with E-state index in [0.29, 0.717) is 18.1 Å². The number of thiophene rings is 1. The molecule has 1 aliphatic rings. The lowest BCUT2D eigenvalue weighted by Crippen LogP contribution is -2.37. The van der Waals surface area contributed by atoms with Gasteiger partial charge in [-0.2, -0.15) is 0 Å². The smallest absolute Gasteiger partial charge is 0.262 e. The first-order valence-corrected chi connectivity index (χ1v) is 10.3. The van der Waals surface area contributed by atoms with E-state index < -0.39 is 0 Å². The molecule has 1 amide bonds. The summed E-state index contributed by atoms with van der Waals surface area (Å²) >= 11 is 1.44. The molecule has 1 fully saturated rings. The predicted molar refractivity (Wildman–Crippen MR) is 112 cm³/mol. The molecule has 0 saturated carbocycles. The fourth-order valence-electron chi connectivity index (χ4n) is 3.53. The van der Waals surface area contributed by atoms with Crippen molar-refractivity contribution in [2.45, 2.75) is 26.8 Å². The van der Waals surface area contributed by atoms with E-state index >= 15 is 0 Å². The number of anilines is 1. The second kappa shape index (κ2) is 7.85. The van der Waals surface area contributed by atoms with Crippen LogP contribution in [0.3, 0.4) is 0 Å². The summed E-state index contributed by atoms with van der Waals surface area (Å²) in [5.41, 5.74) is 2.03. The van der Waals surface area contributed by atoms with Crippen LogP contribution in [-0.4, -0.2) is 42.2 Å². The summed E-state index contributed by atoms with van der Waals surface area (Å²) in [5.74, 6) is 1.57. The highest BCUT2D eigenvalue weighted by Gasteiger charge is 2.24. The zero-order valence-electron chi connectivity index (χ0n) is 16.4. The van der Waals surface area contributed by atoms with Crippen molar-refractivity contribution in [2.24, 2.45) is 0 Å². The number of nitrogens with one attached hydrogen (secondary N) is 1. The Bertz CT molecular complexity index is 997. The summed E-state index contributed by atoms with van der Waals surface area (Å²) in [6, 6.07) is 9.92. The molecular formula is C21H24N4O2S. The molecule has 146 valence electrons. The van der Waals surface area contributed by atoms with Gasteiger partial charge in [0, 0.05) is 13.1 Å². The second-order valence-corrected chi connectivity index (χ2v) is 8.04. The molecule has 7 heteroatoms. The number of benzene rings is 1. The van der Waals surface area contributed by atoms with Gasteiger partial charge in [-0.15, -0.1) is 11.3 Å². The SMILES string of the molecule is Cc1nc(N2CCOCC2)c2c(C)c(C(=O)NC(C)c3ccccc3)sc2n1. The van der Waals surface area contributed by atoms with E-state index in [9.17, 15) is 4.79 Å². The lowest BCUT2D eigenvalue weighted by Gasteiger charge is -2.28. The van der Waals surface area contributed by atoms with Crippen molar-refractivity contribution in [3.05, 3.63) is 52.2 Å². The first kappa shape index (κ1) is 18.8. The molecule has 0 bridgehead atoms. The van der Waals surface area contributed by atoms with Gasteiger partial charge in [-0.1, -0.05) is 30.3 Å². The van der Waals surface area contributed by atoms with E-state index in [4.69, 9.17) is 9.72 Å². The molecule has 0 aliphatic carbocycles. The van der Waals surface area contributed by atoms with Crippen molar-refractivity contribution in [2.75, 3.05) is 31.2 Å². The molecule has 4 rings (SSSR count). The maximum absolute atomic E-state index is 13.0. The molecule has 1 aliphatic heterocycles. The molecular weight excluding hydrogens is 372 g/mol. The lowest BCUT2D eigenvalue weighted by atomic mass is 10.1. The molecule has 3 heterocycles. The van der Waals surface area contributed by atoms with E-state index in [1.807, 2.05) is 51.1 Å². The van der Waals surface area contributed by atoms with E-state index in [1.54, 1.807) is 0 Å². The molecule has 1 N–H and O–H groups in total. The number of ether oxygens (including phenoxy) is 1. The van der Waals surface area contributed by atoms with E-state index in [0.717, 1.165) is 46.1 Å². The summed E-state index contributed by atoms with van der Waals surface area (Å²) in [6.45, 7) is 8.87. The highest BCUT2D eigenvalue weighted by atomic mass is 32.1. The van der Waals surface area contributed by atoms with Crippen LogP contribution >= 0.6 is 11.3 Å². The van der Waals surface area contributed by atoms with E-state index in [-0.39, 0.29) is 11.9 Å². The van der Waals surface area contributed by atoms with Gasteiger partial charge in [0.05, 0.1) is 29.5 Å². The summed E-state index contributed by atoms with van der Waals surface area (Å²) < 4.78 is 5.48. The van der Waals surface area contributed by atoms with Crippen LogP contribution in [0, 0.1) is 13.8 Å². The van der Waals surface area contributed by atoms with Crippen molar-refractivity contribution in [3.8, 4) is 0 Å². The zero-order valence-corrected chi connectivity index (χ0v) is 17.2. The summed E-state index contributed by atoms with van der Waals surface area (Å²) in [4.78, 5) is 26.1. The van der Waals surface area contributed by atoms with Gasteiger partial charge in [0.25, 0.3) is 5.91 Å². The number of hydrogen-bond donors (Lipinski definition) is 1. The van der Waals surface area contributed by atoms with E-state index in [1.165, 1.54) is 11.3 Å². The van der Waals surface area contributed by atoms with Crippen LogP contribution in [0.4, 0.5) is 5.82 Å². The standard InChI is InChI=1S/C21H24N4O2S/c1-13-17-19(25-9-11-27-12-10-25)23-15(3)24-21(17)28-18(13)20(26)22-14(2)16-7-5-4-6-8-16/h4-8,14H,9-12H2,1-3H3,(H,22,26). The Morgan fingerprint density at radius 2 is 1.89 bits per heavy atom. The second-order valence-electron chi connectivity index (χ2n) is 7.04. The summed E-state index contributed by atoms with van der Waals surface area (Å²) in [6.07, 6.45) is 0. The van der Waals surface area contributed by atoms with Crippen LogP contribution < -0.4 is 10.2 Å². The lowest BCUT2D eigenvalue weighted by molar-refractivity contribution is 0.0943. The summed E-state index contributed by atoms with van der Waals surface area (Å²) in [7, 11) is 0. The van der Waals surface area contributed by atoms with Crippen molar-refractivity contribution in [1.29, 1.82) is 0 Å². The predicted octanol–water partition coefficient (Wildman–Crippen LogP) is 3.64. The number of nitrogens with zero attached hydrogens (tertiary/aromatic N) is 3. The van der Waals surface area contributed by atoms with Crippen LogP contribution in [0.5, 0.6) is 0 Å². The van der Waals surface area contributed by atoms with Crippen molar-refractivity contribution >= 4 is 33.3 Å². The number of morpholine rings is 1. The Hall–Kier alpha value is -2.51. The van der Waals surface area contributed by atoms with Crippen molar-refractivity contribution in [1.82, 2.24) is 15.3 Å². The van der Waals surface area contributed by atoms with Crippen LogP contribution in [0.1, 0.15) is 39.6 Å². The van der Waals surface area contributed by atoms with Gasteiger partial charge >= 0.3 is 0 Å². The van der Waals surface area contributed by atoms with Gasteiger partial charge in [-0.3, -0.25) is 4.79 Å². The number of fused-ring (bicyclic) bond motifs is 1. The first-order chi connectivity index (χ1) is 13.5. The largest absolute Gasteiger partial charge is 0.378 e. The maximum atomic E-state index is 13.0. The minimum Gasteiger partial charge on any atom is -0.378 e. The normalized spacial score (nSPS) is 15.6. The minimum absolute atomic E-state index is 0.0650. The minimum atomic E-state index is -0.0672. The maximum Gasteiger partial charge on any atom is 0.262 e. The Morgan fingerprint density at radius 3 is 2.61 bits per heavy atom. The number of amides is 1. The highest BCUT2D eigenvalue weighted by Crippen LogP contribution is 2.36. The third-order valence-corrected chi connectivity index (χ3v) is 6.23. The highest BCUT2D eigenvalue weighted by molar-refractivity contribution is 7.20. The first-order valence-electron chi connectivity index (χ1n) is 9.51. The van der Waals surface area contributed by atoms with Crippen LogP contribution in [0.15, 0.2) is 30.3 Å². The Morgan fingerprint density at radius 1 is 1.18 bits per heavy atom. The zero-order chi connectivity index (χ0) is 19.7. The number of carbonyl (C=O) groups is 1. The Balaban J connectivity index is 1.68. The Kier molecular flexibility index (Phi) is 5.28. The van der Waals surface area contributed by atoms with Gasteiger partial charge < -0.3 is 15.0 Å². The van der Waals surface area contributed by atoms with Crippen molar-refractivity contribution in [3.63, 3.8) is 0 Å². The number of hydrogen-bond acceptors (Lipinski definition) is 6. The average Bonchev–Trinajstić information content (AvgIpc) is 3.05. The van der Waals surface area contributed by atoms with Gasteiger partial charge in [0.2, 0.25) is 0 Å². The number of rotatable bonds is 4. The molecule has 1 atom stereocenters. The number of carbonyl (C=O) groups excluding carboxylic acids is 1. The topological polar surface area (TPSA) is 67.4 Å². The molecule has 0 spiro atoms. The van der Waals surface area contributed by atoms with Gasteiger partial charge in [-0.05, 0) is 31.9 Å². The van der Waals surface area contributed by atoms with Crippen LogP contribution in [0.2, 0.25) is 0 Å². The fraction of sp³-hybridized carbons (Fsp3) is 0.381. The van der Waals surface area contributed by atoms with E-state index in [2.05, 4.69) is 15.2 Å². The van der Waals surface area contributed by atoms with Crippen LogP contribution in [0.25, 0.3) is 10.2 Å². The van der Waals surface area contributed by atoms with Gasteiger partial charge in [0.15, 0.2) is 0 Å². The van der Waals surface area contributed by atoms with Crippen LogP contribution in [-0.2, 0) is 4.74 Å². The summed E-state index contributed by atoms with van der Waals surface area (Å²) in [5, 5.41) is 4.10. The molecule has 6 nitrogen and oxygen atoms in total. The molecule has 0 radical (unpaired) electrons. The average molecular weight is 397 g/mol. The molecule has 1 unspecified atom stereocenters. The quantitative estimate of drug-likeness (QED) is 0.729. The third kappa shape index (κ3) is 3.59.